The van der Waals surface area contributed by atoms with Gasteiger partial charge in [0.05, 0.1) is 19.0 Å². The number of piperidine rings is 1. The number of rotatable bonds is 10. The van der Waals surface area contributed by atoms with Gasteiger partial charge in [0, 0.05) is 75.8 Å². The molecule has 0 unspecified atom stereocenters. The third kappa shape index (κ3) is 7.40. The summed E-state index contributed by atoms with van der Waals surface area (Å²) in [5.41, 5.74) is 8.73. The molecule has 3 aromatic rings. The van der Waals surface area contributed by atoms with Gasteiger partial charge in [-0.25, -0.2) is 4.98 Å². The van der Waals surface area contributed by atoms with Crippen LogP contribution in [0.2, 0.25) is 5.02 Å². The molecule has 0 aliphatic carbocycles. The summed E-state index contributed by atoms with van der Waals surface area (Å²) in [6.45, 7) is 12.8. The first-order chi connectivity index (χ1) is 19.9. The predicted octanol–water partition coefficient (Wildman–Crippen LogP) is 4.54. The molecule has 0 amide bonds. The number of hydrogen-bond acceptors (Lipinski definition) is 9. The van der Waals surface area contributed by atoms with Gasteiger partial charge in [0.25, 0.3) is 0 Å². The van der Waals surface area contributed by atoms with Crippen LogP contribution in [0.5, 0.6) is 5.75 Å². The van der Waals surface area contributed by atoms with Gasteiger partial charge in [-0.05, 0) is 49.7 Å². The number of para-hydroxylation sites is 1. The number of ether oxygens (including phenoxy) is 1. The average Bonchev–Trinajstić information content (AvgIpc) is 3.00. The van der Waals surface area contributed by atoms with Gasteiger partial charge in [-0.2, -0.15) is 4.98 Å². The summed E-state index contributed by atoms with van der Waals surface area (Å²) < 4.78 is 5.78. The third-order valence-electron chi connectivity index (χ3n) is 8.01. The van der Waals surface area contributed by atoms with Crippen molar-refractivity contribution in [2.45, 2.75) is 18.9 Å². The summed E-state index contributed by atoms with van der Waals surface area (Å²) in [6.07, 6.45) is 3.97. The zero-order valence-corrected chi connectivity index (χ0v) is 26.0. The van der Waals surface area contributed by atoms with Crippen LogP contribution in [0.15, 0.2) is 48.7 Å². The van der Waals surface area contributed by atoms with Crippen LogP contribution in [0.4, 0.5) is 28.8 Å². The highest BCUT2D eigenvalue weighted by Gasteiger charge is 2.27. The van der Waals surface area contributed by atoms with Crippen molar-refractivity contribution in [2.75, 3.05) is 88.3 Å². The number of nitrogens with two attached hydrogens (primary N) is 1. The van der Waals surface area contributed by atoms with Crippen LogP contribution in [0.3, 0.4) is 0 Å². The Kier molecular flexibility index (Phi) is 10.2. The van der Waals surface area contributed by atoms with Crippen molar-refractivity contribution in [3.63, 3.8) is 0 Å². The second-order valence-electron chi connectivity index (χ2n) is 10.8. The highest BCUT2D eigenvalue weighted by molar-refractivity contribution is 7.64. The molecule has 2 aliphatic rings. The maximum Gasteiger partial charge on any atom is 0.229 e. The number of hydrogen-bond donors (Lipinski definition) is 3. The molecule has 5 rings (SSSR count). The second-order valence-corrected chi connectivity index (χ2v) is 13.5. The first-order valence-corrected chi connectivity index (χ1v) is 17.0. The first kappa shape index (κ1) is 29.8. The minimum Gasteiger partial charge on any atom is -0.494 e. The fourth-order valence-corrected chi connectivity index (χ4v) is 6.87. The number of nitrogens with one attached hydrogen (secondary N) is 2. The summed E-state index contributed by atoms with van der Waals surface area (Å²) >= 11 is 6.48. The Morgan fingerprint density at radius 1 is 1.00 bits per heavy atom. The second kappa shape index (κ2) is 14.0. The molecule has 4 N–H and O–H groups in total. The lowest BCUT2D eigenvalue weighted by atomic mass is 10.0. The molecule has 0 atom stereocenters. The van der Waals surface area contributed by atoms with Crippen molar-refractivity contribution in [2.24, 2.45) is 5.73 Å². The Morgan fingerprint density at radius 3 is 2.46 bits per heavy atom. The molecular formula is C30H42ClN8OP. The van der Waals surface area contributed by atoms with Crippen LogP contribution in [-0.2, 0) is 0 Å². The lowest BCUT2D eigenvalue weighted by Crippen LogP contribution is -2.53. The summed E-state index contributed by atoms with van der Waals surface area (Å²) in [7, 11) is 1.41. The van der Waals surface area contributed by atoms with Crippen molar-refractivity contribution >= 4 is 53.7 Å². The zero-order chi connectivity index (χ0) is 28.8. The monoisotopic (exact) mass is 596 g/mol. The molecule has 0 radical (unpaired) electrons. The van der Waals surface area contributed by atoms with Crippen molar-refractivity contribution < 1.29 is 4.74 Å². The molecule has 11 heteroatoms. The summed E-state index contributed by atoms with van der Waals surface area (Å²) in [4.78, 5) is 16.7. The third-order valence-corrected chi connectivity index (χ3v) is 9.64. The molecule has 0 bridgehead atoms. The molecule has 0 saturated carbocycles. The smallest absolute Gasteiger partial charge is 0.229 e. The topological polar surface area (TPSA) is 94.8 Å². The number of benzene rings is 2. The van der Waals surface area contributed by atoms with E-state index in [1.807, 2.05) is 12.1 Å². The molecular weight excluding hydrogens is 555 g/mol. The van der Waals surface area contributed by atoms with Crippen LogP contribution >= 0.6 is 19.5 Å². The molecule has 3 heterocycles. The molecule has 2 saturated heterocycles. The first-order valence-electron chi connectivity index (χ1n) is 14.4. The van der Waals surface area contributed by atoms with E-state index in [1.54, 1.807) is 13.3 Å². The Bertz CT molecular complexity index is 1300. The molecule has 2 aromatic carbocycles. The van der Waals surface area contributed by atoms with E-state index in [0.29, 0.717) is 22.8 Å². The van der Waals surface area contributed by atoms with Crippen molar-refractivity contribution in [1.29, 1.82) is 0 Å². The van der Waals surface area contributed by atoms with E-state index in [9.17, 15) is 0 Å². The van der Waals surface area contributed by atoms with Crippen LogP contribution < -0.4 is 31.3 Å². The van der Waals surface area contributed by atoms with E-state index >= 15 is 0 Å². The molecule has 0 spiro atoms. The molecule has 41 heavy (non-hydrogen) atoms. The Morgan fingerprint density at radius 2 is 1.76 bits per heavy atom. The molecule has 2 fully saturated rings. The number of nitrogens with zero attached hydrogens (tertiary/aromatic N) is 5. The average molecular weight is 597 g/mol. The fourth-order valence-electron chi connectivity index (χ4n) is 5.74. The van der Waals surface area contributed by atoms with E-state index in [4.69, 9.17) is 22.1 Å². The van der Waals surface area contributed by atoms with Gasteiger partial charge in [0.2, 0.25) is 5.95 Å². The van der Waals surface area contributed by atoms with Crippen molar-refractivity contribution in [3.05, 3.63) is 53.7 Å². The summed E-state index contributed by atoms with van der Waals surface area (Å²) in [5, 5.41) is 8.46. The van der Waals surface area contributed by atoms with E-state index in [0.717, 1.165) is 69.5 Å². The standard InChI is InChI=1S/C30H42ClN8OP/c1-40-27-20-23(38-13-10-22(11-14-38)39-18-16-37(15-12-32)17-19-39)8-9-25(27)35-30-33-21-24(31)29(36-30)34-26-6-4-5-7-28(26)41(2)3/h4-9,20-22H,10-19,32H2,1-3H3,(H2,33,34,35,36). The predicted molar refractivity (Wildman–Crippen MR) is 174 cm³/mol. The molecule has 2 aliphatic heterocycles. The number of methoxy groups -OCH3 is 1. The van der Waals surface area contributed by atoms with Gasteiger partial charge >= 0.3 is 0 Å². The van der Waals surface area contributed by atoms with Gasteiger partial charge in [0.1, 0.15) is 10.8 Å². The number of aromatic nitrogens is 2. The summed E-state index contributed by atoms with van der Waals surface area (Å²) in [6, 6.07) is 15.2. The van der Waals surface area contributed by atoms with Gasteiger partial charge < -0.3 is 26.0 Å². The van der Waals surface area contributed by atoms with Gasteiger partial charge in [-0.1, -0.05) is 37.7 Å². The fraction of sp³-hybridized carbons (Fsp3) is 0.467. The Labute approximate surface area is 250 Å². The lowest BCUT2D eigenvalue weighted by molar-refractivity contribution is 0.0866. The van der Waals surface area contributed by atoms with Gasteiger partial charge in [-0.15, -0.1) is 0 Å². The van der Waals surface area contributed by atoms with E-state index in [2.05, 4.69) is 79.0 Å². The van der Waals surface area contributed by atoms with Crippen LogP contribution in [0.1, 0.15) is 12.8 Å². The van der Waals surface area contributed by atoms with E-state index in [-0.39, 0.29) is 7.92 Å². The zero-order valence-electron chi connectivity index (χ0n) is 24.3. The van der Waals surface area contributed by atoms with Crippen molar-refractivity contribution in [1.82, 2.24) is 19.8 Å². The van der Waals surface area contributed by atoms with Crippen LogP contribution in [0, 0.1) is 0 Å². The maximum atomic E-state index is 6.48. The minimum absolute atomic E-state index is 0.288. The Balaban J connectivity index is 1.22. The quantitative estimate of drug-likeness (QED) is 0.292. The van der Waals surface area contributed by atoms with Gasteiger partial charge in [-0.3, -0.25) is 9.80 Å². The summed E-state index contributed by atoms with van der Waals surface area (Å²) in [5.74, 6) is 1.76. The molecule has 1 aromatic heterocycles. The highest BCUT2D eigenvalue weighted by Crippen LogP contribution is 2.35. The number of piperazine rings is 1. The van der Waals surface area contributed by atoms with E-state index in [1.165, 1.54) is 23.8 Å². The number of halogens is 1. The normalized spacial score (nSPS) is 17.2. The highest BCUT2D eigenvalue weighted by atomic mass is 35.5. The van der Waals surface area contributed by atoms with Gasteiger partial charge in [0.15, 0.2) is 5.82 Å². The Hall–Kier alpha value is -2.68. The molecule has 220 valence electrons. The largest absolute Gasteiger partial charge is 0.494 e. The SMILES string of the molecule is COc1cc(N2CCC(N3CCN(CCN)CC3)CC2)ccc1Nc1ncc(Cl)c(Nc2ccccc2P(C)C)n1. The van der Waals surface area contributed by atoms with Crippen LogP contribution in [0.25, 0.3) is 0 Å². The maximum absolute atomic E-state index is 6.48. The van der Waals surface area contributed by atoms with E-state index < -0.39 is 0 Å². The molecule has 9 nitrogen and oxygen atoms in total. The lowest BCUT2D eigenvalue weighted by Gasteiger charge is -2.43. The minimum atomic E-state index is -0.288. The van der Waals surface area contributed by atoms with Crippen LogP contribution in [-0.4, -0.2) is 98.6 Å². The number of anilines is 5. The van der Waals surface area contributed by atoms with Crippen molar-refractivity contribution in [3.8, 4) is 5.75 Å².